The first-order chi connectivity index (χ1) is 16.4. The third kappa shape index (κ3) is 5.35. The molecule has 9 heteroatoms. The number of carbonyl (C=O) groups excluding carboxylic acids is 1. The minimum atomic E-state index is -0.962. The molecular formula is C25H24ClF2N3O3. The quantitative estimate of drug-likeness (QED) is 0.471. The number of ether oxygens (including phenoxy) is 1. The normalized spacial score (nSPS) is 15.2. The molecule has 0 saturated carbocycles. The van der Waals surface area contributed by atoms with E-state index in [2.05, 4.69) is 10.3 Å². The average molecular weight is 488 g/mol. The van der Waals surface area contributed by atoms with Crippen LogP contribution in [-0.2, 0) is 4.74 Å². The molecule has 0 unspecified atom stereocenters. The smallest absolute Gasteiger partial charge is 0.254 e. The maximum Gasteiger partial charge on any atom is 0.254 e. The molecule has 6 nitrogen and oxygen atoms in total. The van der Waals surface area contributed by atoms with E-state index in [-0.39, 0.29) is 22.0 Å². The fourth-order valence-corrected chi connectivity index (χ4v) is 4.32. The topological polar surface area (TPSA) is 97.5 Å². The maximum absolute atomic E-state index is 15.0. The number of halogens is 3. The molecule has 1 saturated heterocycles. The Hall–Kier alpha value is -3.07. The van der Waals surface area contributed by atoms with Gasteiger partial charge in [-0.05, 0) is 71.8 Å². The summed E-state index contributed by atoms with van der Waals surface area (Å²) in [5, 5.41) is 12.3. The molecule has 2 aromatic carbocycles. The highest BCUT2D eigenvalue weighted by Crippen LogP contribution is 2.33. The van der Waals surface area contributed by atoms with Gasteiger partial charge in [0, 0.05) is 30.0 Å². The SMILES string of the molecule is Nc1ncc(C2CCOCC2)cc1-c1ccc(C(=O)N[C@H](CO)c2cc(F)cc(Cl)c2)c(F)c1. The molecule has 2 heterocycles. The van der Waals surface area contributed by atoms with E-state index in [9.17, 15) is 18.7 Å². The monoisotopic (exact) mass is 487 g/mol. The number of hydrogen-bond acceptors (Lipinski definition) is 5. The van der Waals surface area contributed by atoms with Gasteiger partial charge in [-0.15, -0.1) is 0 Å². The zero-order valence-electron chi connectivity index (χ0n) is 18.2. The standard InChI is InChI=1S/C25H24ClF2N3O3/c26-18-7-16(8-19(27)11-18)23(13-32)31-25(33)20-2-1-15(10-22(20)28)21-9-17(12-30-24(21)29)14-3-5-34-6-4-14/h1-2,7-12,14,23,32H,3-6,13H2,(H2,29,30)(H,31,33)/t23-/m1/s1. The summed E-state index contributed by atoms with van der Waals surface area (Å²) < 4.78 is 34.1. The van der Waals surface area contributed by atoms with Crippen LogP contribution in [0.3, 0.4) is 0 Å². The summed E-state index contributed by atoms with van der Waals surface area (Å²) in [6.07, 6.45) is 3.49. The van der Waals surface area contributed by atoms with Crippen LogP contribution in [0.2, 0.25) is 5.02 Å². The van der Waals surface area contributed by atoms with Gasteiger partial charge >= 0.3 is 0 Å². The lowest BCUT2D eigenvalue weighted by Crippen LogP contribution is -2.31. The first-order valence-corrected chi connectivity index (χ1v) is 11.2. The van der Waals surface area contributed by atoms with Crippen LogP contribution in [0, 0.1) is 11.6 Å². The first kappa shape index (κ1) is 24.1. The summed E-state index contributed by atoms with van der Waals surface area (Å²) in [4.78, 5) is 17.0. The predicted octanol–water partition coefficient (Wildman–Crippen LogP) is 4.62. The second-order valence-electron chi connectivity index (χ2n) is 8.19. The molecule has 0 radical (unpaired) electrons. The number of nitrogens with one attached hydrogen (secondary N) is 1. The van der Waals surface area contributed by atoms with E-state index in [0.717, 1.165) is 30.5 Å². The Kier molecular flexibility index (Phi) is 7.41. The largest absolute Gasteiger partial charge is 0.394 e. The van der Waals surface area contributed by atoms with Gasteiger partial charge in [0.2, 0.25) is 0 Å². The number of anilines is 1. The van der Waals surface area contributed by atoms with Crippen LogP contribution in [-0.4, -0.2) is 35.8 Å². The number of nitrogens with zero attached hydrogens (tertiary/aromatic N) is 1. The molecule has 1 aliphatic heterocycles. The van der Waals surface area contributed by atoms with Crippen LogP contribution in [0.15, 0.2) is 48.7 Å². The molecular weight excluding hydrogens is 464 g/mol. The zero-order valence-corrected chi connectivity index (χ0v) is 19.0. The van der Waals surface area contributed by atoms with Gasteiger partial charge in [-0.3, -0.25) is 4.79 Å². The third-order valence-electron chi connectivity index (χ3n) is 5.93. The summed E-state index contributed by atoms with van der Waals surface area (Å²) in [6, 6.07) is 8.78. The highest BCUT2D eigenvalue weighted by molar-refractivity contribution is 6.30. The molecule has 4 rings (SSSR count). The van der Waals surface area contributed by atoms with E-state index in [4.69, 9.17) is 22.1 Å². The summed E-state index contributed by atoms with van der Waals surface area (Å²) >= 11 is 5.86. The Labute approximate surface area is 200 Å². The van der Waals surface area contributed by atoms with E-state index in [1.807, 2.05) is 6.07 Å². The van der Waals surface area contributed by atoms with Crippen LogP contribution in [0.5, 0.6) is 0 Å². The van der Waals surface area contributed by atoms with Crippen molar-refractivity contribution in [2.75, 3.05) is 25.6 Å². The minimum absolute atomic E-state index is 0.118. The number of aromatic nitrogens is 1. The van der Waals surface area contributed by atoms with Crippen molar-refractivity contribution in [1.29, 1.82) is 0 Å². The van der Waals surface area contributed by atoms with Crippen LogP contribution in [0.4, 0.5) is 14.6 Å². The van der Waals surface area contributed by atoms with Crippen molar-refractivity contribution in [3.63, 3.8) is 0 Å². The number of carbonyl (C=O) groups is 1. The Balaban J connectivity index is 1.56. The summed E-state index contributed by atoms with van der Waals surface area (Å²) in [5.74, 6) is -1.58. The van der Waals surface area contributed by atoms with Crippen molar-refractivity contribution in [2.24, 2.45) is 0 Å². The molecule has 3 aromatic rings. The maximum atomic E-state index is 15.0. The van der Waals surface area contributed by atoms with Crippen molar-refractivity contribution in [2.45, 2.75) is 24.8 Å². The van der Waals surface area contributed by atoms with E-state index in [1.165, 1.54) is 18.2 Å². The molecule has 178 valence electrons. The Bertz CT molecular complexity index is 1180. The number of nitrogens with two attached hydrogens (primary N) is 1. The van der Waals surface area contributed by atoms with Gasteiger partial charge in [0.15, 0.2) is 0 Å². The van der Waals surface area contributed by atoms with Crippen molar-refractivity contribution >= 4 is 23.3 Å². The van der Waals surface area contributed by atoms with Crippen molar-refractivity contribution in [3.05, 3.63) is 82.0 Å². The predicted molar refractivity (Wildman–Crippen MR) is 126 cm³/mol. The van der Waals surface area contributed by atoms with Gasteiger partial charge in [-0.2, -0.15) is 0 Å². The number of nitrogen functional groups attached to an aromatic ring is 1. The van der Waals surface area contributed by atoms with Gasteiger partial charge in [-0.25, -0.2) is 13.8 Å². The summed E-state index contributed by atoms with van der Waals surface area (Å²) in [6.45, 7) is 0.839. The van der Waals surface area contributed by atoms with Gasteiger partial charge in [0.05, 0.1) is 18.2 Å². The lowest BCUT2D eigenvalue weighted by atomic mass is 9.91. The highest BCUT2D eigenvalue weighted by atomic mass is 35.5. The number of benzene rings is 2. The van der Waals surface area contributed by atoms with Crippen molar-refractivity contribution < 1.29 is 23.4 Å². The highest BCUT2D eigenvalue weighted by Gasteiger charge is 2.21. The number of amides is 1. The Morgan fingerprint density at radius 3 is 2.65 bits per heavy atom. The van der Waals surface area contributed by atoms with Gasteiger partial charge < -0.3 is 20.9 Å². The molecule has 34 heavy (non-hydrogen) atoms. The van der Waals surface area contributed by atoms with E-state index in [1.54, 1.807) is 12.3 Å². The number of hydrogen-bond donors (Lipinski definition) is 3. The molecule has 0 spiro atoms. The molecule has 4 N–H and O–H groups in total. The fraction of sp³-hybridized carbons (Fsp3) is 0.280. The third-order valence-corrected chi connectivity index (χ3v) is 6.15. The number of aliphatic hydroxyl groups excluding tert-OH is 1. The number of pyridine rings is 1. The number of aliphatic hydroxyl groups is 1. The Morgan fingerprint density at radius 2 is 1.97 bits per heavy atom. The fourth-order valence-electron chi connectivity index (χ4n) is 4.09. The van der Waals surface area contributed by atoms with Crippen LogP contribution < -0.4 is 11.1 Å². The van der Waals surface area contributed by atoms with E-state index < -0.39 is 30.2 Å². The summed E-state index contributed by atoms with van der Waals surface area (Å²) in [7, 11) is 0. The van der Waals surface area contributed by atoms with Gasteiger partial charge in [0.1, 0.15) is 17.5 Å². The first-order valence-electron chi connectivity index (χ1n) is 10.9. The van der Waals surface area contributed by atoms with Crippen LogP contribution in [0.1, 0.15) is 46.3 Å². The van der Waals surface area contributed by atoms with E-state index >= 15 is 0 Å². The van der Waals surface area contributed by atoms with Crippen LogP contribution >= 0.6 is 11.6 Å². The van der Waals surface area contributed by atoms with Crippen molar-refractivity contribution in [3.8, 4) is 11.1 Å². The van der Waals surface area contributed by atoms with Gasteiger partial charge in [0.25, 0.3) is 5.91 Å². The minimum Gasteiger partial charge on any atom is -0.394 e. The molecule has 0 aliphatic carbocycles. The Morgan fingerprint density at radius 1 is 1.21 bits per heavy atom. The average Bonchev–Trinajstić information content (AvgIpc) is 2.82. The molecule has 0 bridgehead atoms. The second-order valence-corrected chi connectivity index (χ2v) is 8.63. The van der Waals surface area contributed by atoms with Gasteiger partial charge in [-0.1, -0.05) is 17.7 Å². The van der Waals surface area contributed by atoms with Crippen molar-refractivity contribution in [1.82, 2.24) is 10.3 Å². The summed E-state index contributed by atoms with van der Waals surface area (Å²) in [5.41, 5.74) is 8.18. The molecule has 1 atom stereocenters. The molecule has 1 aliphatic rings. The number of rotatable bonds is 6. The zero-order chi connectivity index (χ0) is 24.2. The molecule has 1 fully saturated rings. The lowest BCUT2D eigenvalue weighted by molar-refractivity contribution is 0.0853. The second kappa shape index (κ2) is 10.5. The molecule has 1 aromatic heterocycles. The van der Waals surface area contributed by atoms with Crippen LogP contribution in [0.25, 0.3) is 11.1 Å². The lowest BCUT2D eigenvalue weighted by Gasteiger charge is -2.23. The molecule has 1 amide bonds. The van der Waals surface area contributed by atoms with E-state index in [0.29, 0.717) is 30.3 Å².